The summed E-state index contributed by atoms with van der Waals surface area (Å²) in [4.78, 5) is 14.0. The van der Waals surface area contributed by atoms with Gasteiger partial charge in [0.2, 0.25) is 0 Å². The van der Waals surface area contributed by atoms with Gasteiger partial charge in [0.25, 0.3) is 5.91 Å². The average molecular weight is 282 g/mol. The van der Waals surface area contributed by atoms with Crippen LogP contribution in [-0.2, 0) is 0 Å². The summed E-state index contributed by atoms with van der Waals surface area (Å²) in [5.74, 6) is -2.10. The number of likely N-dealkylation sites (tertiary alicyclic amines) is 1. The Morgan fingerprint density at radius 3 is 2.50 bits per heavy atom. The summed E-state index contributed by atoms with van der Waals surface area (Å²) in [6.07, 6.45) is 2.90. The summed E-state index contributed by atoms with van der Waals surface area (Å²) < 4.78 is 26.9. The maximum atomic E-state index is 13.7. The van der Waals surface area contributed by atoms with Gasteiger partial charge in [-0.05, 0) is 30.7 Å². The molecule has 0 unspecified atom stereocenters. The number of carbonyl (C=O) groups excluding carboxylic acids is 1. The van der Waals surface area contributed by atoms with Crippen molar-refractivity contribution in [1.29, 1.82) is 0 Å². The number of anilines is 1. The van der Waals surface area contributed by atoms with Gasteiger partial charge in [-0.2, -0.15) is 0 Å². The minimum atomic E-state index is -0.854. The van der Waals surface area contributed by atoms with Crippen LogP contribution in [0.25, 0.3) is 0 Å². The molecule has 1 saturated heterocycles. The second kappa shape index (κ2) is 5.38. The number of nitrogens with two attached hydrogens (primary N) is 1. The summed E-state index contributed by atoms with van der Waals surface area (Å²) in [6, 6.07) is 1.76. The third-order valence-electron chi connectivity index (χ3n) is 4.54. The molecule has 1 aromatic carbocycles. The van der Waals surface area contributed by atoms with E-state index in [4.69, 9.17) is 5.73 Å². The number of nitrogens with zero attached hydrogens (tertiary/aromatic N) is 1. The maximum absolute atomic E-state index is 13.7. The quantitative estimate of drug-likeness (QED) is 0.865. The van der Waals surface area contributed by atoms with Crippen LogP contribution in [0.1, 0.15) is 43.5 Å². The first kappa shape index (κ1) is 14.8. The highest BCUT2D eigenvalue weighted by Crippen LogP contribution is 2.37. The lowest BCUT2D eigenvalue weighted by Crippen LogP contribution is -2.32. The van der Waals surface area contributed by atoms with Gasteiger partial charge in [-0.1, -0.05) is 13.8 Å². The molecule has 0 aliphatic carbocycles. The fraction of sp³-hybridized carbons (Fsp3) is 0.533. The second-order valence-electron chi connectivity index (χ2n) is 5.54. The molecule has 1 aromatic rings. The zero-order chi connectivity index (χ0) is 14.9. The molecule has 0 atom stereocenters. The fourth-order valence-corrected chi connectivity index (χ4v) is 2.84. The topological polar surface area (TPSA) is 46.3 Å². The number of hydrogen-bond acceptors (Lipinski definition) is 2. The summed E-state index contributed by atoms with van der Waals surface area (Å²) >= 11 is 0. The molecule has 3 nitrogen and oxygen atoms in total. The minimum Gasteiger partial charge on any atom is -0.396 e. The Kier molecular flexibility index (Phi) is 3.97. The minimum absolute atomic E-state index is 0.123. The molecule has 5 heteroatoms. The van der Waals surface area contributed by atoms with Crippen LogP contribution in [-0.4, -0.2) is 23.9 Å². The molecule has 0 saturated carbocycles. The lowest BCUT2D eigenvalue weighted by molar-refractivity contribution is 0.0765. The van der Waals surface area contributed by atoms with Crippen molar-refractivity contribution in [2.45, 2.75) is 33.1 Å². The fourth-order valence-electron chi connectivity index (χ4n) is 2.84. The van der Waals surface area contributed by atoms with Crippen molar-refractivity contribution in [1.82, 2.24) is 4.90 Å². The number of carbonyl (C=O) groups is 1. The molecular weight excluding hydrogens is 262 g/mol. The molecule has 0 radical (unpaired) electrons. The molecule has 0 bridgehead atoms. The van der Waals surface area contributed by atoms with Crippen LogP contribution in [0.15, 0.2) is 12.1 Å². The predicted molar refractivity (Wildman–Crippen MR) is 74.3 cm³/mol. The number of rotatable bonds is 3. The average Bonchev–Trinajstić information content (AvgIpc) is 2.87. The molecule has 1 amide bonds. The molecule has 0 spiro atoms. The first-order chi connectivity index (χ1) is 9.42. The molecule has 1 aliphatic heterocycles. The van der Waals surface area contributed by atoms with E-state index in [1.165, 1.54) is 0 Å². The maximum Gasteiger partial charge on any atom is 0.256 e. The van der Waals surface area contributed by atoms with Gasteiger partial charge in [-0.3, -0.25) is 4.79 Å². The van der Waals surface area contributed by atoms with Crippen LogP contribution in [0.5, 0.6) is 0 Å². The molecule has 1 heterocycles. The van der Waals surface area contributed by atoms with Crippen LogP contribution >= 0.6 is 0 Å². The van der Waals surface area contributed by atoms with Crippen molar-refractivity contribution in [2.24, 2.45) is 5.41 Å². The molecule has 20 heavy (non-hydrogen) atoms. The summed E-state index contributed by atoms with van der Waals surface area (Å²) in [5.41, 5.74) is 5.19. The van der Waals surface area contributed by atoms with E-state index < -0.39 is 17.5 Å². The van der Waals surface area contributed by atoms with E-state index in [0.29, 0.717) is 19.2 Å². The number of halogens is 2. The van der Waals surface area contributed by atoms with Crippen LogP contribution < -0.4 is 5.73 Å². The third kappa shape index (κ3) is 2.49. The molecule has 1 fully saturated rings. The van der Waals surface area contributed by atoms with E-state index in [-0.39, 0.29) is 16.7 Å². The monoisotopic (exact) mass is 282 g/mol. The Hall–Kier alpha value is -1.65. The Bertz CT molecular complexity index is 527. The van der Waals surface area contributed by atoms with Crippen molar-refractivity contribution >= 4 is 11.6 Å². The van der Waals surface area contributed by atoms with Crippen molar-refractivity contribution in [3.05, 3.63) is 29.3 Å². The number of hydrogen-bond donors (Lipinski definition) is 1. The second-order valence-corrected chi connectivity index (χ2v) is 5.54. The number of amides is 1. The zero-order valence-corrected chi connectivity index (χ0v) is 11.9. The lowest BCUT2D eigenvalue weighted by Gasteiger charge is -2.26. The summed E-state index contributed by atoms with van der Waals surface area (Å²) in [6.45, 7) is 5.44. The van der Waals surface area contributed by atoms with Crippen LogP contribution in [0.4, 0.5) is 14.5 Å². The zero-order valence-electron chi connectivity index (χ0n) is 11.9. The van der Waals surface area contributed by atoms with Gasteiger partial charge in [0.05, 0.1) is 11.3 Å². The predicted octanol–water partition coefficient (Wildman–Crippen LogP) is 3.20. The standard InChI is InChI=1S/C15H20F2N2O/c1-3-15(4-2)5-6-19(9-15)14(20)10-7-13(18)12(17)8-11(10)16/h7-8H,3-6,9,18H2,1-2H3. The highest BCUT2D eigenvalue weighted by Gasteiger charge is 2.37. The first-order valence-electron chi connectivity index (χ1n) is 6.96. The van der Waals surface area contributed by atoms with Crippen molar-refractivity contribution in [3.63, 3.8) is 0 Å². The first-order valence-corrected chi connectivity index (χ1v) is 6.96. The van der Waals surface area contributed by atoms with E-state index in [1.807, 2.05) is 0 Å². The van der Waals surface area contributed by atoms with Crippen molar-refractivity contribution in [3.8, 4) is 0 Å². The number of nitrogen functional groups attached to an aromatic ring is 1. The van der Waals surface area contributed by atoms with Gasteiger partial charge < -0.3 is 10.6 Å². The van der Waals surface area contributed by atoms with Crippen LogP contribution in [0.2, 0.25) is 0 Å². The lowest BCUT2D eigenvalue weighted by atomic mass is 9.82. The molecule has 0 aromatic heterocycles. The highest BCUT2D eigenvalue weighted by molar-refractivity contribution is 5.95. The van der Waals surface area contributed by atoms with E-state index >= 15 is 0 Å². The summed E-state index contributed by atoms with van der Waals surface area (Å²) in [7, 11) is 0. The van der Waals surface area contributed by atoms with Crippen molar-refractivity contribution < 1.29 is 13.6 Å². The Labute approximate surface area is 117 Å². The van der Waals surface area contributed by atoms with Gasteiger partial charge >= 0.3 is 0 Å². The van der Waals surface area contributed by atoms with Crippen LogP contribution in [0, 0.1) is 17.0 Å². The third-order valence-corrected chi connectivity index (χ3v) is 4.54. The van der Waals surface area contributed by atoms with Crippen LogP contribution in [0.3, 0.4) is 0 Å². The van der Waals surface area contributed by atoms with Gasteiger partial charge in [0, 0.05) is 19.2 Å². The normalized spacial score (nSPS) is 17.5. The highest BCUT2D eigenvalue weighted by atomic mass is 19.1. The smallest absolute Gasteiger partial charge is 0.256 e. The SMILES string of the molecule is CCC1(CC)CCN(C(=O)c2cc(N)c(F)cc2F)C1. The molecule has 2 rings (SSSR count). The Morgan fingerprint density at radius 1 is 1.30 bits per heavy atom. The Balaban J connectivity index is 2.23. The number of benzene rings is 1. The Morgan fingerprint density at radius 2 is 1.95 bits per heavy atom. The van der Waals surface area contributed by atoms with E-state index in [1.54, 1.807) is 4.90 Å². The van der Waals surface area contributed by atoms with Gasteiger partial charge in [0.1, 0.15) is 11.6 Å². The van der Waals surface area contributed by atoms with E-state index in [9.17, 15) is 13.6 Å². The van der Waals surface area contributed by atoms with E-state index in [2.05, 4.69) is 13.8 Å². The largest absolute Gasteiger partial charge is 0.396 e. The molecule has 2 N–H and O–H groups in total. The van der Waals surface area contributed by atoms with Gasteiger partial charge in [0.15, 0.2) is 0 Å². The van der Waals surface area contributed by atoms with Gasteiger partial charge in [-0.15, -0.1) is 0 Å². The molecule has 1 aliphatic rings. The summed E-state index contributed by atoms with van der Waals surface area (Å²) in [5, 5.41) is 0. The molecule has 110 valence electrons. The van der Waals surface area contributed by atoms with E-state index in [0.717, 1.165) is 25.3 Å². The molecular formula is C15H20F2N2O. The van der Waals surface area contributed by atoms with Crippen molar-refractivity contribution in [2.75, 3.05) is 18.8 Å². The van der Waals surface area contributed by atoms with Gasteiger partial charge in [-0.25, -0.2) is 8.78 Å².